The van der Waals surface area contributed by atoms with Crippen LogP contribution in [0.5, 0.6) is 0 Å². The summed E-state index contributed by atoms with van der Waals surface area (Å²) in [7, 11) is 0. The lowest BCUT2D eigenvalue weighted by atomic mass is 9.82. The number of nitrogens with zero attached hydrogens (tertiary/aromatic N) is 1. The average molecular weight is 276 g/mol. The van der Waals surface area contributed by atoms with E-state index < -0.39 is 0 Å². The Hall–Kier alpha value is -0.0900. The van der Waals surface area contributed by atoms with Crippen LogP contribution in [-0.4, -0.2) is 41.9 Å². The van der Waals surface area contributed by atoms with Crippen LogP contribution in [-0.2, 0) is 9.53 Å². The standard InChI is InChI=1S/C11H18BrNO2/c12-7-10-8-15-5-4-13(10)11(14)6-9-2-1-3-9/h9-10H,1-8H2. The molecule has 1 saturated carbocycles. The van der Waals surface area contributed by atoms with Crippen molar-refractivity contribution >= 4 is 21.8 Å². The van der Waals surface area contributed by atoms with Crippen molar-refractivity contribution in [3.63, 3.8) is 0 Å². The van der Waals surface area contributed by atoms with Gasteiger partial charge in [-0.3, -0.25) is 4.79 Å². The second kappa shape index (κ2) is 5.30. The number of hydrogen-bond donors (Lipinski definition) is 0. The Balaban J connectivity index is 1.85. The third-order valence-corrected chi connectivity index (χ3v) is 4.16. The zero-order valence-electron chi connectivity index (χ0n) is 8.95. The molecule has 3 nitrogen and oxygen atoms in total. The predicted molar refractivity (Wildman–Crippen MR) is 62.1 cm³/mol. The summed E-state index contributed by atoms with van der Waals surface area (Å²) >= 11 is 3.44. The molecular weight excluding hydrogens is 258 g/mol. The molecule has 1 unspecified atom stereocenters. The van der Waals surface area contributed by atoms with Gasteiger partial charge in [-0.15, -0.1) is 0 Å². The first-order valence-electron chi connectivity index (χ1n) is 5.74. The van der Waals surface area contributed by atoms with Crippen LogP contribution in [0, 0.1) is 5.92 Å². The van der Waals surface area contributed by atoms with Crippen molar-refractivity contribution in [1.82, 2.24) is 4.90 Å². The van der Waals surface area contributed by atoms with Gasteiger partial charge >= 0.3 is 0 Å². The summed E-state index contributed by atoms with van der Waals surface area (Å²) in [5, 5.41) is 0.823. The molecule has 1 atom stereocenters. The van der Waals surface area contributed by atoms with Crippen LogP contribution < -0.4 is 0 Å². The molecule has 0 radical (unpaired) electrons. The Bertz CT molecular complexity index is 231. The minimum atomic E-state index is 0.242. The second-order valence-electron chi connectivity index (χ2n) is 4.47. The lowest BCUT2D eigenvalue weighted by Gasteiger charge is -2.36. The highest BCUT2D eigenvalue weighted by Crippen LogP contribution is 2.30. The van der Waals surface area contributed by atoms with Crippen LogP contribution >= 0.6 is 15.9 Å². The average Bonchev–Trinajstić information content (AvgIpc) is 2.23. The van der Waals surface area contributed by atoms with E-state index in [4.69, 9.17) is 4.74 Å². The van der Waals surface area contributed by atoms with Gasteiger partial charge in [0.25, 0.3) is 0 Å². The van der Waals surface area contributed by atoms with Crippen molar-refractivity contribution in [1.29, 1.82) is 0 Å². The van der Waals surface area contributed by atoms with Gasteiger partial charge < -0.3 is 9.64 Å². The SMILES string of the molecule is O=C(CC1CCC1)N1CCOCC1CBr. The molecule has 0 aromatic rings. The number of ether oxygens (including phenoxy) is 1. The van der Waals surface area contributed by atoms with E-state index in [-0.39, 0.29) is 6.04 Å². The maximum absolute atomic E-state index is 12.0. The molecule has 0 N–H and O–H groups in total. The van der Waals surface area contributed by atoms with Gasteiger partial charge in [-0.25, -0.2) is 0 Å². The number of halogens is 1. The first kappa shape index (κ1) is 11.4. The maximum atomic E-state index is 12.0. The molecule has 0 aromatic heterocycles. The lowest BCUT2D eigenvalue weighted by Crippen LogP contribution is -2.50. The van der Waals surface area contributed by atoms with Crippen molar-refractivity contribution in [2.75, 3.05) is 25.1 Å². The third kappa shape index (κ3) is 2.72. The molecule has 1 aliphatic carbocycles. The smallest absolute Gasteiger partial charge is 0.223 e. The summed E-state index contributed by atoms with van der Waals surface area (Å²) in [4.78, 5) is 14.0. The lowest BCUT2D eigenvalue weighted by molar-refractivity contribution is -0.140. The molecule has 0 spiro atoms. The number of alkyl halides is 1. The number of rotatable bonds is 3. The minimum absolute atomic E-state index is 0.242. The van der Waals surface area contributed by atoms with Crippen LogP contribution in [0.4, 0.5) is 0 Å². The highest BCUT2D eigenvalue weighted by atomic mass is 79.9. The van der Waals surface area contributed by atoms with Gasteiger partial charge in [-0.05, 0) is 18.8 Å². The topological polar surface area (TPSA) is 29.5 Å². The van der Waals surface area contributed by atoms with Crippen LogP contribution in [0.2, 0.25) is 0 Å². The molecule has 0 aromatic carbocycles. The minimum Gasteiger partial charge on any atom is -0.377 e. The molecule has 4 heteroatoms. The summed E-state index contributed by atoms with van der Waals surface area (Å²) in [6.07, 6.45) is 4.55. The number of carbonyl (C=O) groups is 1. The number of carbonyl (C=O) groups excluding carboxylic acids is 1. The van der Waals surface area contributed by atoms with Crippen molar-refractivity contribution < 1.29 is 9.53 Å². The van der Waals surface area contributed by atoms with Crippen LogP contribution in [0.25, 0.3) is 0 Å². The maximum Gasteiger partial charge on any atom is 0.223 e. The highest BCUT2D eigenvalue weighted by molar-refractivity contribution is 9.09. The second-order valence-corrected chi connectivity index (χ2v) is 5.12. The Morgan fingerprint density at radius 3 is 2.87 bits per heavy atom. The van der Waals surface area contributed by atoms with E-state index in [2.05, 4.69) is 15.9 Å². The Morgan fingerprint density at radius 2 is 2.27 bits per heavy atom. The van der Waals surface area contributed by atoms with E-state index in [0.717, 1.165) is 18.3 Å². The highest BCUT2D eigenvalue weighted by Gasteiger charge is 2.29. The zero-order chi connectivity index (χ0) is 10.7. The van der Waals surface area contributed by atoms with Gasteiger partial charge in [0.1, 0.15) is 0 Å². The van der Waals surface area contributed by atoms with Crippen molar-refractivity contribution in [3.05, 3.63) is 0 Å². The molecule has 86 valence electrons. The van der Waals surface area contributed by atoms with Crippen LogP contribution in [0.3, 0.4) is 0 Å². The normalized spacial score (nSPS) is 27.5. The molecule has 2 rings (SSSR count). The molecular formula is C11H18BrNO2. The summed E-state index contributed by atoms with van der Waals surface area (Å²) in [5.41, 5.74) is 0. The van der Waals surface area contributed by atoms with Crippen molar-refractivity contribution in [2.45, 2.75) is 31.7 Å². The fourth-order valence-electron chi connectivity index (χ4n) is 2.17. The predicted octanol–water partition coefficient (Wildman–Crippen LogP) is 1.80. The van der Waals surface area contributed by atoms with E-state index in [9.17, 15) is 4.79 Å². The monoisotopic (exact) mass is 275 g/mol. The molecule has 1 saturated heterocycles. The summed E-state index contributed by atoms with van der Waals surface area (Å²) in [6, 6.07) is 0.242. The first-order chi connectivity index (χ1) is 7.31. The van der Waals surface area contributed by atoms with E-state index in [1.807, 2.05) is 4.90 Å². The number of amides is 1. The quantitative estimate of drug-likeness (QED) is 0.736. The van der Waals surface area contributed by atoms with Gasteiger partial charge in [-0.2, -0.15) is 0 Å². The third-order valence-electron chi connectivity index (χ3n) is 3.41. The fraction of sp³-hybridized carbons (Fsp3) is 0.909. The van der Waals surface area contributed by atoms with E-state index in [1.165, 1.54) is 19.3 Å². The fourth-order valence-corrected chi connectivity index (χ4v) is 2.71. The number of morpholine rings is 1. The van der Waals surface area contributed by atoms with Crippen molar-refractivity contribution in [2.24, 2.45) is 5.92 Å². The largest absolute Gasteiger partial charge is 0.377 e. The Kier molecular flexibility index (Phi) is 4.03. The number of hydrogen-bond acceptors (Lipinski definition) is 2. The van der Waals surface area contributed by atoms with E-state index in [0.29, 0.717) is 25.0 Å². The van der Waals surface area contributed by atoms with Gasteiger partial charge in [0, 0.05) is 18.3 Å². The van der Waals surface area contributed by atoms with Crippen LogP contribution in [0.15, 0.2) is 0 Å². The summed E-state index contributed by atoms with van der Waals surface area (Å²) < 4.78 is 5.37. The van der Waals surface area contributed by atoms with Gasteiger partial charge in [-0.1, -0.05) is 22.4 Å². The molecule has 2 fully saturated rings. The van der Waals surface area contributed by atoms with E-state index >= 15 is 0 Å². The molecule has 0 bridgehead atoms. The van der Waals surface area contributed by atoms with Crippen molar-refractivity contribution in [3.8, 4) is 0 Å². The molecule has 1 heterocycles. The molecule has 15 heavy (non-hydrogen) atoms. The molecule has 2 aliphatic rings. The summed E-state index contributed by atoms with van der Waals surface area (Å²) in [5.74, 6) is 0.990. The van der Waals surface area contributed by atoms with Gasteiger partial charge in [0.15, 0.2) is 0 Å². The van der Waals surface area contributed by atoms with Gasteiger partial charge in [0.05, 0.1) is 19.3 Å². The molecule has 1 amide bonds. The van der Waals surface area contributed by atoms with Crippen LogP contribution in [0.1, 0.15) is 25.7 Å². The summed E-state index contributed by atoms with van der Waals surface area (Å²) in [6.45, 7) is 2.14. The Labute approximate surface area is 99.3 Å². The first-order valence-corrected chi connectivity index (χ1v) is 6.86. The Morgan fingerprint density at radius 1 is 1.47 bits per heavy atom. The zero-order valence-corrected chi connectivity index (χ0v) is 10.5. The van der Waals surface area contributed by atoms with E-state index in [1.54, 1.807) is 0 Å². The molecule has 1 aliphatic heterocycles. The van der Waals surface area contributed by atoms with Gasteiger partial charge in [0.2, 0.25) is 5.91 Å².